The third-order valence-electron chi connectivity index (χ3n) is 3.06. The Labute approximate surface area is 109 Å². The van der Waals surface area contributed by atoms with Crippen LogP contribution in [0.1, 0.15) is 18.1 Å². The SMILES string of the molecule is Nc1cccc2c(C(O)C(O)CC(=O)O)cccc12. The van der Waals surface area contributed by atoms with Crippen LogP contribution in [-0.2, 0) is 4.79 Å². The minimum atomic E-state index is -1.36. The van der Waals surface area contributed by atoms with E-state index in [2.05, 4.69) is 0 Å². The van der Waals surface area contributed by atoms with E-state index in [1.54, 1.807) is 30.3 Å². The average molecular weight is 261 g/mol. The number of carboxylic acids is 1. The number of rotatable bonds is 4. The Morgan fingerprint density at radius 1 is 1.11 bits per heavy atom. The number of benzene rings is 2. The van der Waals surface area contributed by atoms with E-state index >= 15 is 0 Å². The van der Waals surface area contributed by atoms with Crippen molar-refractivity contribution in [2.45, 2.75) is 18.6 Å². The normalized spacial score (nSPS) is 14.2. The van der Waals surface area contributed by atoms with Crippen LogP contribution in [-0.4, -0.2) is 27.4 Å². The minimum absolute atomic E-state index is 0.471. The summed E-state index contributed by atoms with van der Waals surface area (Å²) in [5.74, 6) is -1.16. The average Bonchev–Trinajstić information content (AvgIpc) is 2.37. The van der Waals surface area contributed by atoms with E-state index in [0.29, 0.717) is 16.6 Å². The van der Waals surface area contributed by atoms with E-state index < -0.39 is 24.6 Å². The maximum atomic E-state index is 10.6. The molecule has 0 heterocycles. The highest BCUT2D eigenvalue weighted by Crippen LogP contribution is 2.30. The molecule has 2 unspecified atom stereocenters. The second-order valence-electron chi connectivity index (χ2n) is 4.40. The first-order chi connectivity index (χ1) is 9.00. The van der Waals surface area contributed by atoms with E-state index in [-0.39, 0.29) is 0 Å². The van der Waals surface area contributed by atoms with Crippen molar-refractivity contribution in [3.05, 3.63) is 42.0 Å². The maximum absolute atomic E-state index is 10.6. The number of hydrogen-bond acceptors (Lipinski definition) is 4. The first-order valence-electron chi connectivity index (χ1n) is 5.85. The van der Waals surface area contributed by atoms with Crippen molar-refractivity contribution < 1.29 is 20.1 Å². The molecule has 2 aromatic rings. The van der Waals surface area contributed by atoms with Gasteiger partial charge in [-0.2, -0.15) is 0 Å². The Morgan fingerprint density at radius 3 is 2.42 bits per heavy atom. The van der Waals surface area contributed by atoms with E-state index in [1.165, 1.54) is 0 Å². The molecule has 0 saturated heterocycles. The molecule has 0 spiro atoms. The van der Waals surface area contributed by atoms with Crippen molar-refractivity contribution in [2.75, 3.05) is 5.73 Å². The summed E-state index contributed by atoms with van der Waals surface area (Å²) >= 11 is 0. The summed E-state index contributed by atoms with van der Waals surface area (Å²) in [6.45, 7) is 0. The molecule has 0 aliphatic heterocycles. The molecule has 0 radical (unpaired) electrons. The zero-order valence-electron chi connectivity index (χ0n) is 10.2. The van der Waals surface area contributed by atoms with Crippen molar-refractivity contribution in [1.29, 1.82) is 0 Å². The molecule has 0 aromatic heterocycles. The molecular weight excluding hydrogens is 246 g/mol. The number of anilines is 1. The molecule has 5 heteroatoms. The van der Waals surface area contributed by atoms with Crippen molar-refractivity contribution >= 4 is 22.4 Å². The Morgan fingerprint density at radius 2 is 1.74 bits per heavy atom. The fraction of sp³-hybridized carbons (Fsp3) is 0.214. The number of aliphatic hydroxyl groups is 2. The highest BCUT2D eigenvalue weighted by atomic mass is 16.4. The van der Waals surface area contributed by atoms with Gasteiger partial charge in [-0.25, -0.2) is 0 Å². The van der Waals surface area contributed by atoms with Gasteiger partial charge in [0.2, 0.25) is 0 Å². The predicted molar refractivity (Wildman–Crippen MR) is 71.6 cm³/mol. The van der Waals surface area contributed by atoms with Gasteiger partial charge in [0.15, 0.2) is 0 Å². The van der Waals surface area contributed by atoms with Gasteiger partial charge in [0.05, 0.1) is 12.5 Å². The molecule has 5 nitrogen and oxygen atoms in total. The smallest absolute Gasteiger partial charge is 0.306 e. The van der Waals surface area contributed by atoms with Gasteiger partial charge in [-0.05, 0) is 17.0 Å². The number of aliphatic carboxylic acids is 1. The molecule has 5 N–H and O–H groups in total. The number of carboxylic acid groups (broad SMARTS) is 1. The summed E-state index contributed by atoms with van der Waals surface area (Å²) in [6.07, 6.45) is -3.13. The fourth-order valence-corrected chi connectivity index (χ4v) is 2.11. The molecule has 100 valence electrons. The van der Waals surface area contributed by atoms with Crippen LogP contribution in [0.4, 0.5) is 5.69 Å². The van der Waals surface area contributed by atoms with Gasteiger partial charge in [-0.15, -0.1) is 0 Å². The van der Waals surface area contributed by atoms with E-state index in [4.69, 9.17) is 10.8 Å². The van der Waals surface area contributed by atoms with Crippen LogP contribution in [0, 0.1) is 0 Å². The van der Waals surface area contributed by atoms with E-state index in [1.807, 2.05) is 6.07 Å². The van der Waals surface area contributed by atoms with E-state index in [0.717, 1.165) is 5.39 Å². The van der Waals surface area contributed by atoms with Gasteiger partial charge in [0, 0.05) is 11.1 Å². The standard InChI is InChI=1S/C14H15NO4/c15-11-6-2-3-8-9(11)4-1-5-10(8)14(19)12(16)7-13(17)18/h1-6,12,14,16,19H,7,15H2,(H,17,18). The third-order valence-corrected chi connectivity index (χ3v) is 3.06. The Kier molecular flexibility index (Phi) is 3.69. The molecule has 2 rings (SSSR count). The minimum Gasteiger partial charge on any atom is -0.481 e. The van der Waals surface area contributed by atoms with Crippen LogP contribution in [0.2, 0.25) is 0 Å². The van der Waals surface area contributed by atoms with Crippen molar-refractivity contribution in [1.82, 2.24) is 0 Å². The highest BCUT2D eigenvalue weighted by Gasteiger charge is 2.22. The van der Waals surface area contributed by atoms with Crippen molar-refractivity contribution in [3.63, 3.8) is 0 Å². The van der Waals surface area contributed by atoms with Gasteiger partial charge in [0.25, 0.3) is 0 Å². The molecule has 0 aliphatic rings. The largest absolute Gasteiger partial charge is 0.481 e. The van der Waals surface area contributed by atoms with Gasteiger partial charge in [-0.3, -0.25) is 4.79 Å². The molecule has 0 fully saturated rings. The van der Waals surface area contributed by atoms with Gasteiger partial charge >= 0.3 is 5.97 Å². The van der Waals surface area contributed by atoms with Gasteiger partial charge in [0.1, 0.15) is 6.10 Å². The van der Waals surface area contributed by atoms with Gasteiger partial charge < -0.3 is 21.1 Å². The predicted octanol–water partition coefficient (Wildman–Crippen LogP) is 1.29. The first kappa shape index (κ1) is 13.3. The summed E-state index contributed by atoms with van der Waals surface area (Å²) in [7, 11) is 0. The second-order valence-corrected chi connectivity index (χ2v) is 4.40. The van der Waals surface area contributed by atoms with Crippen LogP contribution >= 0.6 is 0 Å². The summed E-state index contributed by atoms with van der Waals surface area (Å²) in [5, 5.41) is 29.9. The molecular formula is C14H15NO4. The number of nitrogens with two attached hydrogens (primary N) is 1. The lowest BCUT2D eigenvalue weighted by Crippen LogP contribution is -2.22. The van der Waals surface area contributed by atoms with Crippen LogP contribution < -0.4 is 5.73 Å². The quantitative estimate of drug-likeness (QED) is 0.621. The fourth-order valence-electron chi connectivity index (χ4n) is 2.11. The molecule has 2 aromatic carbocycles. The topological polar surface area (TPSA) is 104 Å². The number of nitrogen functional groups attached to an aromatic ring is 1. The Hall–Kier alpha value is -2.11. The summed E-state index contributed by atoms with van der Waals surface area (Å²) in [5.41, 5.74) is 6.88. The highest BCUT2D eigenvalue weighted by molar-refractivity contribution is 5.95. The molecule has 0 saturated carbocycles. The lowest BCUT2D eigenvalue weighted by molar-refractivity contribution is -0.141. The zero-order chi connectivity index (χ0) is 14.0. The Balaban J connectivity index is 2.45. The summed E-state index contributed by atoms with van der Waals surface area (Å²) in [4.78, 5) is 10.6. The summed E-state index contributed by atoms with van der Waals surface area (Å²) < 4.78 is 0. The lowest BCUT2D eigenvalue weighted by Gasteiger charge is -2.18. The van der Waals surface area contributed by atoms with Crippen molar-refractivity contribution in [3.8, 4) is 0 Å². The molecule has 0 aliphatic carbocycles. The number of carbonyl (C=O) groups is 1. The molecule has 19 heavy (non-hydrogen) atoms. The van der Waals surface area contributed by atoms with Gasteiger partial charge in [-0.1, -0.05) is 30.3 Å². The third kappa shape index (κ3) is 2.67. The number of fused-ring (bicyclic) bond motifs is 1. The van der Waals surface area contributed by atoms with Crippen LogP contribution in [0.3, 0.4) is 0 Å². The molecule has 0 bridgehead atoms. The van der Waals surface area contributed by atoms with Crippen LogP contribution in [0.5, 0.6) is 0 Å². The Bertz CT molecular complexity index is 611. The summed E-state index contributed by atoms with van der Waals surface area (Å²) in [6, 6.07) is 10.4. The van der Waals surface area contributed by atoms with Crippen molar-refractivity contribution in [2.24, 2.45) is 0 Å². The second kappa shape index (κ2) is 5.26. The number of aliphatic hydroxyl groups excluding tert-OH is 2. The monoisotopic (exact) mass is 261 g/mol. The maximum Gasteiger partial charge on any atom is 0.306 e. The first-order valence-corrected chi connectivity index (χ1v) is 5.85. The van der Waals surface area contributed by atoms with E-state index in [9.17, 15) is 15.0 Å². The van der Waals surface area contributed by atoms with Crippen LogP contribution in [0.15, 0.2) is 36.4 Å². The number of hydrogen-bond donors (Lipinski definition) is 4. The molecule has 2 atom stereocenters. The lowest BCUT2D eigenvalue weighted by atomic mass is 9.95. The molecule has 0 amide bonds. The van der Waals surface area contributed by atoms with Crippen LogP contribution in [0.25, 0.3) is 10.8 Å². The zero-order valence-corrected chi connectivity index (χ0v) is 10.2.